The minimum absolute atomic E-state index is 0.0122. The topological polar surface area (TPSA) is 101 Å². The van der Waals surface area contributed by atoms with Crippen LogP contribution in [0.15, 0.2) is 42.0 Å². The first-order valence-corrected chi connectivity index (χ1v) is 10.5. The minimum Gasteiger partial charge on any atom is -0.338 e. The van der Waals surface area contributed by atoms with Gasteiger partial charge in [0.2, 0.25) is 0 Å². The Labute approximate surface area is 180 Å². The van der Waals surface area contributed by atoms with E-state index in [0.717, 1.165) is 23.5 Å². The molecule has 160 valence electrons. The number of thiazole rings is 1. The molecule has 1 saturated heterocycles. The second kappa shape index (κ2) is 8.86. The number of nitrogens with two attached hydrogens (primary N) is 1. The van der Waals surface area contributed by atoms with Gasteiger partial charge in [0, 0.05) is 36.9 Å². The van der Waals surface area contributed by atoms with Crippen LogP contribution < -0.4 is 11.1 Å². The number of nitrogens with zero attached hydrogens (tertiary/aromatic N) is 3. The first-order valence-electron chi connectivity index (χ1n) is 9.64. The maximum absolute atomic E-state index is 14.0. The van der Waals surface area contributed by atoms with Crippen molar-refractivity contribution in [1.82, 2.24) is 14.9 Å². The van der Waals surface area contributed by atoms with Gasteiger partial charge in [-0.1, -0.05) is 6.07 Å². The lowest BCUT2D eigenvalue weighted by Gasteiger charge is -2.30. The molecule has 10 heteroatoms. The number of rotatable bonds is 4. The number of hydrogen-bond acceptors (Lipinski definition) is 6. The number of pyridine rings is 1. The molecule has 0 bridgehead atoms. The van der Waals surface area contributed by atoms with E-state index in [4.69, 9.17) is 5.73 Å². The number of anilines is 1. The number of aromatic nitrogens is 2. The van der Waals surface area contributed by atoms with Gasteiger partial charge < -0.3 is 16.0 Å². The summed E-state index contributed by atoms with van der Waals surface area (Å²) in [6.45, 7) is 1.07. The van der Waals surface area contributed by atoms with E-state index in [1.54, 1.807) is 4.90 Å². The van der Waals surface area contributed by atoms with E-state index < -0.39 is 17.5 Å². The molecule has 2 aromatic heterocycles. The lowest BCUT2D eigenvalue weighted by atomic mass is 10.0. The first-order chi connectivity index (χ1) is 14.9. The molecule has 3 N–H and O–H groups in total. The highest BCUT2D eigenvalue weighted by Crippen LogP contribution is 2.29. The number of likely N-dealkylation sites (tertiary alicyclic amines) is 1. The van der Waals surface area contributed by atoms with Crippen molar-refractivity contribution in [3.05, 3.63) is 64.9 Å². The summed E-state index contributed by atoms with van der Waals surface area (Å²) in [5.41, 5.74) is 6.14. The molecule has 3 heterocycles. The van der Waals surface area contributed by atoms with Crippen molar-refractivity contribution in [2.24, 2.45) is 5.73 Å². The van der Waals surface area contributed by atoms with E-state index in [9.17, 15) is 18.4 Å². The molecular formula is C21H19F2N5O2S. The highest BCUT2D eigenvalue weighted by molar-refractivity contribution is 7.13. The van der Waals surface area contributed by atoms with Crippen LogP contribution in [0.1, 0.15) is 33.7 Å². The number of benzene rings is 1. The Bertz CT molecular complexity index is 1110. The Balaban J connectivity index is 1.54. The molecule has 0 atom stereocenters. The zero-order chi connectivity index (χ0) is 22.0. The van der Waals surface area contributed by atoms with E-state index in [1.807, 2.05) is 0 Å². The summed E-state index contributed by atoms with van der Waals surface area (Å²) < 4.78 is 28.0. The minimum atomic E-state index is -0.760. The second-order valence-electron chi connectivity index (χ2n) is 7.14. The van der Waals surface area contributed by atoms with Crippen LogP contribution in [0.5, 0.6) is 0 Å². The van der Waals surface area contributed by atoms with Gasteiger partial charge in [-0.3, -0.25) is 14.6 Å². The Morgan fingerprint density at radius 3 is 2.58 bits per heavy atom. The third kappa shape index (κ3) is 4.44. The molecule has 0 aliphatic carbocycles. The molecule has 31 heavy (non-hydrogen) atoms. The number of carbonyl (C=O) groups excluding carboxylic acids is 2. The smallest absolute Gasteiger partial charge is 0.275 e. The van der Waals surface area contributed by atoms with Crippen molar-refractivity contribution in [1.29, 1.82) is 0 Å². The highest BCUT2D eigenvalue weighted by atomic mass is 32.1. The van der Waals surface area contributed by atoms with E-state index in [1.165, 1.54) is 29.9 Å². The Hall–Kier alpha value is -3.24. The van der Waals surface area contributed by atoms with Gasteiger partial charge in [-0.15, -0.1) is 11.3 Å². The van der Waals surface area contributed by atoms with Crippen molar-refractivity contribution in [3.8, 4) is 10.6 Å². The van der Waals surface area contributed by atoms with Crippen LogP contribution in [0.25, 0.3) is 10.6 Å². The van der Waals surface area contributed by atoms with Crippen molar-refractivity contribution < 1.29 is 18.4 Å². The number of carbonyl (C=O) groups is 2. The standard InChI is InChI=1S/C21H19F2N5O2S/c22-14-2-1-3-15(23)18(14)20-27-17(11-31-20)19(29)26-16-4-7-25-10-13(16)21(30)28-8-5-12(24)6-9-28/h1-4,7,10-12H,5-6,8-9,24H2,(H,25,26,29). The summed E-state index contributed by atoms with van der Waals surface area (Å²) in [5.74, 6) is -2.36. The summed E-state index contributed by atoms with van der Waals surface area (Å²) in [7, 11) is 0. The third-order valence-electron chi connectivity index (χ3n) is 5.04. The summed E-state index contributed by atoms with van der Waals surface area (Å²) in [5, 5.41) is 4.12. The van der Waals surface area contributed by atoms with Crippen molar-refractivity contribution in [3.63, 3.8) is 0 Å². The fourth-order valence-electron chi connectivity index (χ4n) is 3.33. The normalized spacial score (nSPS) is 14.5. The molecule has 7 nitrogen and oxygen atoms in total. The van der Waals surface area contributed by atoms with E-state index in [2.05, 4.69) is 15.3 Å². The quantitative estimate of drug-likeness (QED) is 0.644. The molecule has 2 amide bonds. The van der Waals surface area contributed by atoms with Gasteiger partial charge in [-0.2, -0.15) is 0 Å². The van der Waals surface area contributed by atoms with Crippen molar-refractivity contribution in [2.75, 3.05) is 18.4 Å². The van der Waals surface area contributed by atoms with Crippen LogP contribution in [0.4, 0.5) is 14.5 Å². The maximum Gasteiger partial charge on any atom is 0.275 e. The van der Waals surface area contributed by atoms with E-state index >= 15 is 0 Å². The van der Waals surface area contributed by atoms with E-state index in [-0.39, 0.29) is 39.5 Å². The largest absolute Gasteiger partial charge is 0.338 e. The van der Waals surface area contributed by atoms with Gasteiger partial charge >= 0.3 is 0 Å². The fourth-order valence-corrected chi connectivity index (χ4v) is 4.18. The molecule has 1 aliphatic heterocycles. The Morgan fingerprint density at radius 1 is 1.16 bits per heavy atom. The first kappa shape index (κ1) is 21.0. The van der Waals surface area contributed by atoms with Gasteiger partial charge in [0.1, 0.15) is 22.3 Å². The zero-order valence-corrected chi connectivity index (χ0v) is 17.2. The number of piperidine rings is 1. The van der Waals surface area contributed by atoms with Crippen molar-refractivity contribution in [2.45, 2.75) is 18.9 Å². The van der Waals surface area contributed by atoms with Gasteiger partial charge in [0.15, 0.2) is 0 Å². The lowest BCUT2D eigenvalue weighted by Crippen LogP contribution is -2.43. The molecule has 0 spiro atoms. The van der Waals surface area contributed by atoms with Crippen LogP contribution in [-0.2, 0) is 0 Å². The Morgan fingerprint density at radius 2 is 1.87 bits per heavy atom. The Kier molecular flexibility index (Phi) is 6.01. The van der Waals surface area contributed by atoms with Crippen LogP contribution in [-0.4, -0.2) is 45.8 Å². The number of halogens is 2. The number of amides is 2. The molecule has 1 aromatic carbocycles. The summed E-state index contributed by atoms with van der Waals surface area (Å²) in [4.78, 5) is 35.4. The average Bonchev–Trinajstić information content (AvgIpc) is 3.24. The summed E-state index contributed by atoms with van der Waals surface area (Å²) >= 11 is 0.952. The zero-order valence-electron chi connectivity index (χ0n) is 16.3. The molecule has 3 aromatic rings. The number of nitrogens with one attached hydrogen (secondary N) is 1. The molecule has 0 unspecified atom stereocenters. The molecule has 0 radical (unpaired) electrons. The van der Waals surface area contributed by atoms with Crippen LogP contribution in [0, 0.1) is 11.6 Å². The lowest BCUT2D eigenvalue weighted by molar-refractivity contribution is 0.0715. The van der Waals surface area contributed by atoms with Gasteiger partial charge in [0.25, 0.3) is 11.8 Å². The van der Waals surface area contributed by atoms with Crippen LogP contribution in [0.3, 0.4) is 0 Å². The molecule has 1 aliphatic rings. The summed E-state index contributed by atoms with van der Waals surface area (Å²) in [6, 6.07) is 5.11. The fraction of sp³-hybridized carbons (Fsp3) is 0.238. The monoisotopic (exact) mass is 443 g/mol. The van der Waals surface area contributed by atoms with Crippen LogP contribution in [0.2, 0.25) is 0 Å². The predicted octanol–water partition coefficient (Wildman–Crippen LogP) is 3.30. The third-order valence-corrected chi connectivity index (χ3v) is 5.90. The average molecular weight is 443 g/mol. The molecule has 4 rings (SSSR count). The maximum atomic E-state index is 14.0. The van der Waals surface area contributed by atoms with Crippen LogP contribution >= 0.6 is 11.3 Å². The van der Waals surface area contributed by atoms with Gasteiger partial charge in [-0.25, -0.2) is 13.8 Å². The predicted molar refractivity (Wildman–Crippen MR) is 113 cm³/mol. The molecule has 0 saturated carbocycles. The highest BCUT2D eigenvalue weighted by Gasteiger charge is 2.25. The summed E-state index contributed by atoms with van der Waals surface area (Å²) in [6.07, 6.45) is 4.27. The second-order valence-corrected chi connectivity index (χ2v) is 8.00. The molecule has 1 fully saturated rings. The van der Waals surface area contributed by atoms with Crippen molar-refractivity contribution >= 4 is 28.8 Å². The SMILES string of the molecule is NC1CCN(C(=O)c2cnccc2NC(=O)c2csc(-c3c(F)cccc3F)n2)CC1. The van der Waals surface area contributed by atoms with Gasteiger partial charge in [0.05, 0.1) is 16.8 Å². The van der Waals surface area contributed by atoms with Gasteiger partial charge in [-0.05, 0) is 31.0 Å². The number of hydrogen-bond donors (Lipinski definition) is 2. The molecular weight excluding hydrogens is 424 g/mol. The van der Waals surface area contributed by atoms with E-state index in [0.29, 0.717) is 25.9 Å².